The molecular weight excluding hydrogens is 306 g/mol. The molecule has 0 saturated carbocycles. The van der Waals surface area contributed by atoms with Crippen LogP contribution in [0.4, 0.5) is 28.0 Å². The number of anilines is 1. The van der Waals surface area contributed by atoms with Crippen molar-refractivity contribution >= 4 is 21.7 Å². The highest BCUT2D eigenvalue weighted by atomic mass is 32.2. The molecule has 0 saturated heterocycles. The number of rotatable bonds is 3. The van der Waals surface area contributed by atoms with Crippen LogP contribution in [0.2, 0.25) is 0 Å². The van der Waals surface area contributed by atoms with Crippen LogP contribution >= 0.6 is 0 Å². The van der Waals surface area contributed by atoms with E-state index in [0.717, 1.165) is 12.1 Å². The maximum atomic E-state index is 13.1. The quantitative estimate of drug-likeness (QED) is 0.729. The Hall–Kier alpha value is -1.88. The summed E-state index contributed by atoms with van der Waals surface area (Å²) in [5, 5.41) is 8.10. The summed E-state index contributed by atoms with van der Waals surface area (Å²) in [6.07, 6.45) is -4.61. The van der Waals surface area contributed by atoms with E-state index in [-0.39, 0.29) is 5.69 Å². The third-order valence-electron chi connectivity index (χ3n) is 1.91. The highest BCUT2D eigenvalue weighted by Gasteiger charge is 2.27. The van der Waals surface area contributed by atoms with Crippen molar-refractivity contribution < 1.29 is 30.8 Å². The van der Waals surface area contributed by atoms with Crippen LogP contribution < -0.4 is 15.8 Å². The van der Waals surface area contributed by atoms with Crippen LogP contribution in [0.15, 0.2) is 23.1 Å². The van der Waals surface area contributed by atoms with Gasteiger partial charge in [0.2, 0.25) is 10.0 Å². The van der Waals surface area contributed by atoms with Crippen molar-refractivity contribution in [3.05, 3.63) is 24.0 Å². The lowest BCUT2D eigenvalue weighted by Gasteiger charge is -2.10. The molecular formula is C9H9F4N3O3S. The Morgan fingerprint density at radius 3 is 2.35 bits per heavy atom. The molecule has 0 atom stereocenters. The highest BCUT2D eigenvalue weighted by Crippen LogP contribution is 2.17. The highest BCUT2D eigenvalue weighted by molar-refractivity contribution is 7.89. The zero-order chi connectivity index (χ0) is 15.6. The summed E-state index contributed by atoms with van der Waals surface area (Å²) in [4.78, 5) is 10.5. The van der Waals surface area contributed by atoms with Crippen LogP contribution in [-0.2, 0) is 10.0 Å². The number of benzene rings is 1. The number of nitrogens with one attached hydrogen (secondary N) is 2. The predicted molar refractivity (Wildman–Crippen MR) is 60.8 cm³/mol. The van der Waals surface area contributed by atoms with Gasteiger partial charge in [-0.15, -0.1) is 0 Å². The van der Waals surface area contributed by atoms with Gasteiger partial charge in [-0.3, -0.25) is 0 Å². The molecule has 6 nitrogen and oxygen atoms in total. The smallest absolute Gasteiger partial charge is 0.329 e. The average Bonchev–Trinajstić information content (AvgIpc) is 2.23. The monoisotopic (exact) mass is 315 g/mol. The van der Waals surface area contributed by atoms with Gasteiger partial charge < -0.3 is 10.6 Å². The summed E-state index contributed by atoms with van der Waals surface area (Å²) >= 11 is 0. The summed E-state index contributed by atoms with van der Waals surface area (Å²) in [6.45, 7) is -1.59. The fraction of sp³-hybridized carbons (Fsp3) is 0.222. The van der Waals surface area contributed by atoms with Gasteiger partial charge in [-0.05, 0) is 18.2 Å². The van der Waals surface area contributed by atoms with E-state index in [1.54, 1.807) is 0 Å². The molecule has 4 N–H and O–H groups in total. The molecule has 20 heavy (non-hydrogen) atoms. The Kier molecular flexibility index (Phi) is 4.55. The first-order valence-electron chi connectivity index (χ1n) is 4.92. The molecule has 0 aromatic heterocycles. The minimum atomic E-state index is -4.61. The predicted octanol–water partition coefficient (Wildman–Crippen LogP) is 1.16. The Balaban J connectivity index is 2.83. The maximum Gasteiger partial charge on any atom is 0.405 e. The molecule has 1 rings (SSSR count). The van der Waals surface area contributed by atoms with E-state index in [0.29, 0.717) is 6.07 Å². The number of urea groups is 1. The van der Waals surface area contributed by atoms with Crippen molar-refractivity contribution in [2.24, 2.45) is 5.14 Å². The molecule has 112 valence electrons. The number of halogens is 4. The normalized spacial score (nSPS) is 12.1. The first-order chi connectivity index (χ1) is 8.97. The molecule has 0 unspecified atom stereocenters. The van der Waals surface area contributed by atoms with E-state index in [1.165, 1.54) is 5.32 Å². The number of hydrogen-bond donors (Lipinski definition) is 3. The van der Waals surface area contributed by atoms with E-state index < -0.39 is 39.5 Å². The van der Waals surface area contributed by atoms with Crippen LogP contribution in [0.5, 0.6) is 0 Å². The molecule has 0 aliphatic rings. The molecule has 0 spiro atoms. The third-order valence-corrected chi connectivity index (χ3v) is 2.80. The number of primary sulfonamides is 1. The van der Waals surface area contributed by atoms with E-state index >= 15 is 0 Å². The van der Waals surface area contributed by atoms with Gasteiger partial charge in [-0.1, -0.05) is 0 Å². The molecule has 2 amide bonds. The number of amides is 2. The number of hydrogen-bond acceptors (Lipinski definition) is 3. The van der Waals surface area contributed by atoms with Crippen molar-refractivity contribution in [2.45, 2.75) is 11.1 Å². The number of alkyl halides is 3. The van der Waals surface area contributed by atoms with E-state index in [2.05, 4.69) is 0 Å². The van der Waals surface area contributed by atoms with E-state index in [9.17, 15) is 30.8 Å². The summed E-state index contributed by atoms with van der Waals surface area (Å²) in [6, 6.07) is 0.870. The number of sulfonamides is 1. The Bertz CT molecular complexity index is 615. The third kappa shape index (κ3) is 5.40. The average molecular weight is 315 g/mol. The van der Waals surface area contributed by atoms with Crippen LogP contribution in [0, 0.1) is 5.82 Å². The Labute approximate surface area is 111 Å². The summed E-state index contributed by atoms with van der Waals surface area (Å²) < 4.78 is 70.7. The molecule has 0 heterocycles. The van der Waals surface area contributed by atoms with Crippen molar-refractivity contribution in [2.75, 3.05) is 11.9 Å². The van der Waals surface area contributed by atoms with E-state index in [1.807, 2.05) is 5.32 Å². The van der Waals surface area contributed by atoms with Crippen molar-refractivity contribution in [1.82, 2.24) is 5.32 Å². The number of carbonyl (C=O) groups excluding carboxylic acids is 1. The summed E-state index contributed by atoms with van der Waals surface area (Å²) in [5.74, 6) is -1.03. The van der Waals surface area contributed by atoms with Gasteiger partial charge in [0, 0.05) is 5.69 Å². The van der Waals surface area contributed by atoms with Gasteiger partial charge in [0.25, 0.3) is 0 Å². The molecule has 0 radical (unpaired) electrons. The van der Waals surface area contributed by atoms with Crippen LogP contribution in [-0.4, -0.2) is 27.2 Å². The lowest BCUT2D eigenvalue weighted by atomic mass is 10.3. The van der Waals surface area contributed by atoms with Gasteiger partial charge in [-0.25, -0.2) is 22.7 Å². The topological polar surface area (TPSA) is 101 Å². The number of nitrogens with two attached hydrogens (primary N) is 1. The summed E-state index contributed by atoms with van der Waals surface area (Å²) in [7, 11) is -4.21. The maximum absolute atomic E-state index is 13.1. The van der Waals surface area contributed by atoms with Crippen molar-refractivity contribution in [1.29, 1.82) is 0 Å². The first kappa shape index (κ1) is 16.2. The molecule has 0 bridgehead atoms. The standard InChI is InChI=1S/C9H9F4N3O3S/c10-5-1-6(3-7(2-5)20(14,18)19)16-8(17)15-4-9(11,12)13/h1-3H,4H2,(H2,14,18,19)(H2,15,16,17). The minimum absolute atomic E-state index is 0.353. The molecule has 0 aliphatic carbocycles. The Morgan fingerprint density at radius 2 is 1.85 bits per heavy atom. The zero-order valence-electron chi connectivity index (χ0n) is 9.66. The molecule has 0 aliphatic heterocycles. The van der Waals surface area contributed by atoms with Crippen LogP contribution in [0.25, 0.3) is 0 Å². The molecule has 1 aromatic carbocycles. The zero-order valence-corrected chi connectivity index (χ0v) is 10.5. The molecule has 0 fully saturated rings. The fourth-order valence-electron chi connectivity index (χ4n) is 1.15. The molecule has 1 aromatic rings. The lowest BCUT2D eigenvalue weighted by Crippen LogP contribution is -2.36. The van der Waals surface area contributed by atoms with Gasteiger partial charge >= 0.3 is 12.2 Å². The molecule has 11 heteroatoms. The minimum Gasteiger partial charge on any atom is -0.329 e. The van der Waals surface area contributed by atoms with Gasteiger partial charge in [0.05, 0.1) is 4.90 Å². The lowest BCUT2D eigenvalue weighted by molar-refractivity contribution is -0.122. The second-order valence-corrected chi connectivity index (χ2v) is 5.20. The Morgan fingerprint density at radius 1 is 1.25 bits per heavy atom. The van der Waals surface area contributed by atoms with Crippen LogP contribution in [0.3, 0.4) is 0 Å². The van der Waals surface area contributed by atoms with Crippen molar-refractivity contribution in [3.63, 3.8) is 0 Å². The first-order valence-corrected chi connectivity index (χ1v) is 6.47. The second kappa shape index (κ2) is 5.63. The van der Waals surface area contributed by atoms with E-state index in [4.69, 9.17) is 5.14 Å². The van der Waals surface area contributed by atoms with Crippen LogP contribution in [0.1, 0.15) is 0 Å². The van der Waals surface area contributed by atoms with Gasteiger partial charge in [0.15, 0.2) is 0 Å². The number of carbonyl (C=O) groups is 1. The summed E-state index contributed by atoms with van der Waals surface area (Å²) in [5.41, 5.74) is -0.353. The van der Waals surface area contributed by atoms with Gasteiger partial charge in [-0.2, -0.15) is 13.2 Å². The van der Waals surface area contributed by atoms with Gasteiger partial charge in [0.1, 0.15) is 12.4 Å². The SMILES string of the molecule is NS(=O)(=O)c1cc(F)cc(NC(=O)NCC(F)(F)F)c1. The fourth-order valence-corrected chi connectivity index (χ4v) is 1.72. The second-order valence-electron chi connectivity index (χ2n) is 3.64. The largest absolute Gasteiger partial charge is 0.405 e. The van der Waals surface area contributed by atoms with Crippen molar-refractivity contribution in [3.8, 4) is 0 Å².